The monoisotopic (exact) mass is 262 g/mol. The van der Waals surface area contributed by atoms with Crippen LogP contribution in [-0.2, 0) is 11.3 Å². The highest BCUT2D eigenvalue weighted by molar-refractivity contribution is 5.67. The van der Waals surface area contributed by atoms with E-state index in [1.807, 2.05) is 30.3 Å². The van der Waals surface area contributed by atoms with E-state index in [2.05, 4.69) is 17.6 Å². The minimum atomic E-state index is -0.317. The Kier molecular flexibility index (Phi) is 5.21. The molecule has 0 unspecified atom stereocenters. The largest absolute Gasteiger partial charge is 0.445 e. The number of alkyl carbamates (subject to hydrolysis) is 1. The van der Waals surface area contributed by atoms with E-state index in [9.17, 15) is 4.79 Å². The summed E-state index contributed by atoms with van der Waals surface area (Å²) in [6.45, 7) is 4.48. The van der Waals surface area contributed by atoms with Crippen molar-refractivity contribution in [1.82, 2.24) is 10.6 Å². The molecule has 1 aliphatic heterocycles. The highest BCUT2D eigenvalue weighted by Gasteiger charge is 2.21. The summed E-state index contributed by atoms with van der Waals surface area (Å²) >= 11 is 0. The Bertz CT molecular complexity index is 394. The van der Waals surface area contributed by atoms with Gasteiger partial charge in [-0.3, -0.25) is 0 Å². The molecule has 1 amide bonds. The van der Waals surface area contributed by atoms with Crippen LogP contribution in [0.25, 0.3) is 0 Å². The molecule has 2 atom stereocenters. The Balaban J connectivity index is 1.77. The predicted molar refractivity (Wildman–Crippen MR) is 74.8 cm³/mol. The maximum Gasteiger partial charge on any atom is 0.407 e. The molecule has 2 N–H and O–H groups in total. The lowest BCUT2D eigenvalue weighted by Gasteiger charge is -2.22. The van der Waals surface area contributed by atoms with E-state index < -0.39 is 0 Å². The first-order chi connectivity index (χ1) is 9.25. The van der Waals surface area contributed by atoms with Crippen LogP contribution in [0.2, 0.25) is 0 Å². The van der Waals surface area contributed by atoms with Gasteiger partial charge in [0.15, 0.2) is 0 Å². The second-order valence-corrected chi connectivity index (χ2v) is 5.12. The summed E-state index contributed by atoms with van der Waals surface area (Å²) < 4.78 is 5.25. The molecule has 4 nitrogen and oxygen atoms in total. The fraction of sp³-hybridized carbons (Fsp3) is 0.533. The molecule has 1 aromatic rings. The summed E-state index contributed by atoms with van der Waals surface area (Å²) in [6.07, 6.45) is 1.73. The highest BCUT2D eigenvalue weighted by Crippen LogP contribution is 2.13. The quantitative estimate of drug-likeness (QED) is 0.879. The van der Waals surface area contributed by atoms with Gasteiger partial charge < -0.3 is 15.4 Å². The van der Waals surface area contributed by atoms with E-state index in [1.165, 1.54) is 0 Å². The fourth-order valence-corrected chi connectivity index (χ4v) is 2.33. The maximum absolute atomic E-state index is 11.8. The molecule has 4 heteroatoms. The summed E-state index contributed by atoms with van der Waals surface area (Å²) in [6, 6.07) is 9.93. The lowest BCUT2D eigenvalue weighted by atomic mass is 9.97. The average Bonchev–Trinajstić information content (AvgIpc) is 2.63. The lowest BCUT2D eigenvalue weighted by molar-refractivity contribution is 0.131. The van der Waals surface area contributed by atoms with Crippen molar-refractivity contribution < 1.29 is 9.53 Å². The Morgan fingerprint density at radius 2 is 2.05 bits per heavy atom. The van der Waals surface area contributed by atoms with Crippen molar-refractivity contribution in [3.63, 3.8) is 0 Å². The Hall–Kier alpha value is -1.55. The number of benzene rings is 1. The molecular formula is C15H22N2O2. The van der Waals surface area contributed by atoms with Gasteiger partial charge in [-0.25, -0.2) is 4.79 Å². The Morgan fingerprint density at radius 1 is 1.32 bits per heavy atom. The second-order valence-electron chi connectivity index (χ2n) is 5.12. The van der Waals surface area contributed by atoms with Crippen molar-refractivity contribution in [2.45, 2.75) is 32.4 Å². The van der Waals surface area contributed by atoms with Gasteiger partial charge in [0.05, 0.1) is 0 Å². The topological polar surface area (TPSA) is 50.4 Å². The number of carbonyl (C=O) groups excluding carboxylic acids is 1. The molecule has 0 aliphatic carbocycles. The molecule has 0 radical (unpaired) electrons. The zero-order valence-corrected chi connectivity index (χ0v) is 11.4. The molecular weight excluding hydrogens is 240 g/mol. The highest BCUT2D eigenvalue weighted by atomic mass is 16.5. The van der Waals surface area contributed by atoms with Gasteiger partial charge in [-0.2, -0.15) is 0 Å². The van der Waals surface area contributed by atoms with E-state index >= 15 is 0 Å². The maximum atomic E-state index is 11.8. The van der Waals surface area contributed by atoms with Gasteiger partial charge in [-0.1, -0.05) is 37.3 Å². The zero-order chi connectivity index (χ0) is 13.5. The number of amides is 1. The number of rotatable bonds is 3. The first kappa shape index (κ1) is 13.9. The van der Waals surface area contributed by atoms with Crippen LogP contribution < -0.4 is 10.6 Å². The van der Waals surface area contributed by atoms with Gasteiger partial charge in [-0.05, 0) is 37.4 Å². The Morgan fingerprint density at radius 3 is 2.84 bits per heavy atom. The number of hydrogen-bond donors (Lipinski definition) is 2. The average molecular weight is 262 g/mol. The fourth-order valence-electron chi connectivity index (χ4n) is 2.33. The van der Waals surface area contributed by atoms with Crippen LogP contribution in [0.15, 0.2) is 30.3 Å². The van der Waals surface area contributed by atoms with Crippen LogP contribution in [0.5, 0.6) is 0 Å². The van der Waals surface area contributed by atoms with E-state index in [4.69, 9.17) is 4.74 Å². The summed E-state index contributed by atoms with van der Waals surface area (Å²) in [7, 11) is 0. The van der Waals surface area contributed by atoms with E-state index in [-0.39, 0.29) is 12.1 Å². The van der Waals surface area contributed by atoms with Crippen LogP contribution in [0, 0.1) is 5.92 Å². The molecule has 1 fully saturated rings. The van der Waals surface area contributed by atoms with Gasteiger partial charge in [0.1, 0.15) is 6.61 Å². The van der Waals surface area contributed by atoms with Crippen molar-refractivity contribution in [3.05, 3.63) is 35.9 Å². The molecule has 0 saturated carbocycles. The van der Waals surface area contributed by atoms with E-state index in [1.54, 1.807) is 0 Å². The van der Waals surface area contributed by atoms with Crippen molar-refractivity contribution >= 4 is 6.09 Å². The molecule has 2 rings (SSSR count). The molecule has 1 aliphatic rings. The smallest absolute Gasteiger partial charge is 0.407 e. The normalized spacial score (nSPS) is 23.4. The summed E-state index contributed by atoms with van der Waals surface area (Å²) in [5.41, 5.74) is 1.01. The molecule has 1 aromatic carbocycles. The van der Waals surface area contributed by atoms with Gasteiger partial charge in [0, 0.05) is 6.04 Å². The third-order valence-electron chi connectivity index (χ3n) is 3.61. The molecule has 1 saturated heterocycles. The molecule has 0 bridgehead atoms. The lowest BCUT2D eigenvalue weighted by Crippen LogP contribution is -2.39. The number of hydrogen-bond acceptors (Lipinski definition) is 3. The third-order valence-corrected chi connectivity index (χ3v) is 3.61. The van der Waals surface area contributed by atoms with Crippen molar-refractivity contribution in [1.29, 1.82) is 0 Å². The van der Waals surface area contributed by atoms with Gasteiger partial charge in [-0.15, -0.1) is 0 Å². The van der Waals surface area contributed by atoms with Crippen molar-refractivity contribution in [2.24, 2.45) is 5.92 Å². The van der Waals surface area contributed by atoms with E-state index in [0.29, 0.717) is 12.5 Å². The van der Waals surface area contributed by atoms with Crippen LogP contribution in [0.4, 0.5) is 4.79 Å². The third kappa shape index (κ3) is 4.56. The summed E-state index contributed by atoms with van der Waals surface area (Å²) in [5, 5.41) is 6.32. The molecule has 0 aromatic heterocycles. The van der Waals surface area contributed by atoms with Crippen molar-refractivity contribution in [2.75, 3.05) is 13.1 Å². The number of ether oxygens (including phenoxy) is 1. The van der Waals surface area contributed by atoms with E-state index in [0.717, 1.165) is 31.5 Å². The van der Waals surface area contributed by atoms with Crippen LogP contribution in [0.1, 0.15) is 25.3 Å². The standard InChI is InChI=1S/C15H22N2O2/c1-12-7-9-16-10-8-14(12)17-15(18)19-11-13-5-3-2-4-6-13/h2-6,12,14,16H,7-11H2,1H3,(H,17,18)/t12-,14+/m0/s1. The molecule has 1 heterocycles. The minimum absolute atomic E-state index is 0.207. The minimum Gasteiger partial charge on any atom is -0.445 e. The van der Waals surface area contributed by atoms with Crippen LogP contribution >= 0.6 is 0 Å². The van der Waals surface area contributed by atoms with Gasteiger partial charge >= 0.3 is 6.09 Å². The first-order valence-corrected chi connectivity index (χ1v) is 6.93. The Labute approximate surface area is 114 Å². The number of carbonyl (C=O) groups is 1. The summed E-state index contributed by atoms with van der Waals surface area (Å²) in [4.78, 5) is 11.8. The predicted octanol–water partition coefficient (Wildman–Crippen LogP) is 2.30. The summed E-state index contributed by atoms with van der Waals surface area (Å²) in [5.74, 6) is 0.485. The van der Waals surface area contributed by atoms with Crippen LogP contribution in [0.3, 0.4) is 0 Å². The zero-order valence-electron chi connectivity index (χ0n) is 11.4. The first-order valence-electron chi connectivity index (χ1n) is 6.93. The SMILES string of the molecule is C[C@H]1CCNCC[C@H]1NC(=O)OCc1ccccc1. The van der Waals surface area contributed by atoms with Crippen LogP contribution in [-0.4, -0.2) is 25.2 Å². The number of nitrogens with one attached hydrogen (secondary N) is 2. The second kappa shape index (κ2) is 7.14. The molecule has 104 valence electrons. The van der Waals surface area contributed by atoms with Crippen molar-refractivity contribution in [3.8, 4) is 0 Å². The van der Waals surface area contributed by atoms with Gasteiger partial charge in [0.2, 0.25) is 0 Å². The van der Waals surface area contributed by atoms with Gasteiger partial charge in [0.25, 0.3) is 0 Å². The molecule has 19 heavy (non-hydrogen) atoms. The molecule has 0 spiro atoms.